The Kier molecular flexibility index (Phi) is 5.43. The van der Waals surface area contributed by atoms with Crippen molar-refractivity contribution in [3.05, 3.63) is 70.7 Å². The molecule has 0 saturated heterocycles. The third kappa shape index (κ3) is 4.53. The normalized spacial score (nSPS) is 11.3. The van der Waals surface area contributed by atoms with Gasteiger partial charge < -0.3 is 0 Å². The molecule has 0 atom stereocenters. The number of carbonyl (C=O) groups excluding carboxylic acids is 1. The van der Waals surface area contributed by atoms with Crippen LogP contribution in [0.5, 0.6) is 0 Å². The van der Waals surface area contributed by atoms with Gasteiger partial charge in [0.05, 0.1) is 10.6 Å². The first-order chi connectivity index (χ1) is 12.4. The number of sulfone groups is 1. The number of benzene rings is 2. The van der Waals surface area contributed by atoms with Gasteiger partial charge in [-0.05, 0) is 31.2 Å². The van der Waals surface area contributed by atoms with E-state index in [2.05, 4.69) is 15.5 Å². The van der Waals surface area contributed by atoms with E-state index < -0.39 is 9.84 Å². The van der Waals surface area contributed by atoms with Crippen LogP contribution in [0.25, 0.3) is 0 Å². The first kappa shape index (κ1) is 18.2. The lowest BCUT2D eigenvalue weighted by molar-refractivity contribution is 0.102. The van der Waals surface area contributed by atoms with Gasteiger partial charge in [-0.25, -0.2) is 8.42 Å². The van der Waals surface area contributed by atoms with Crippen LogP contribution >= 0.6 is 11.3 Å². The molecular weight excluding hydrogens is 370 g/mol. The van der Waals surface area contributed by atoms with Crippen LogP contribution in [0.3, 0.4) is 0 Å². The summed E-state index contributed by atoms with van der Waals surface area (Å²) in [5.41, 5.74) is 1.53. The largest absolute Gasteiger partial charge is 0.296 e. The molecule has 1 N–H and O–H groups in total. The van der Waals surface area contributed by atoms with E-state index in [0.717, 1.165) is 5.56 Å². The lowest BCUT2D eigenvalue weighted by atomic mass is 10.2. The fourth-order valence-corrected chi connectivity index (χ4v) is 4.36. The van der Waals surface area contributed by atoms with E-state index in [1.807, 2.05) is 13.0 Å². The zero-order chi connectivity index (χ0) is 18.6. The third-order valence-electron chi connectivity index (χ3n) is 3.69. The molecule has 0 aliphatic carbocycles. The van der Waals surface area contributed by atoms with Crippen molar-refractivity contribution in [1.29, 1.82) is 0 Å². The molecule has 1 heterocycles. The van der Waals surface area contributed by atoms with Crippen molar-refractivity contribution in [1.82, 2.24) is 10.2 Å². The van der Waals surface area contributed by atoms with Crippen LogP contribution in [0.4, 0.5) is 5.13 Å². The lowest BCUT2D eigenvalue weighted by Crippen LogP contribution is -2.11. The van der Waals surface area contributed by atoms with Crippen LogP contribution < -0.4 is 5.32 Å². The van der Waals surface area contributed by atoms with Crippen LogP contribution in [0.1, 0.15) is 20.9 Å². The van der Waals surface area contributed by atoms with Crippen molar-refractivity contribution in [3.8, 4) is 0 Å². The van der Waals surface area contributed by atoms with Gasteiger partial charge in [-0.3, -0.25) is 10.1 Å². The number of aryl methyl sites for hydroxylation is 2. The summed E-state index contributed by atoms with van der Waals surface area (Å²) in [6, 6.07) is 15.5. The SMILES string of the molecule is Cc1ccc(S(=O)(=O)CCc2nnc(NC(=O)c3ccccc3)s2)cc1. The number of rotatable bonds is 6. The number of nitrogens with zero attached hydrogens (tertiary/aromatic N) is 2. The molecule has 134 valence electrons. The van der Waals surface area contributed by atoms with E-state index >= 15 is 0 Å². The number of hydrogen-bond acceptors (Lipinski definition) is 6. The number of anilines is 1. The highest BCUT2D eigenvalue weighted by Gasteiger charge is 2.16. The second-order valence-corrected chi connectivity index (χ2v) is 8.87. The zero-order valence-electron chi connectivity index (χ0n) is 14.0. The Morgan fingerprint density at radius 2 is 1.73 bits per heavy atom. The topological polar surface area (TPSA) is 89.0 Å². The van der Waals surface area contributed by atoms with Crippen LogP contribution in [0.2, 0.25) is 0 Å². The first-order valence-corrected chi connectivity index (χ1v) is 10.4. The fraction of sp³-hybridized carbons (Fsp3) is 0.167. The highest BCUT2D eigenvalue weighted by atomic mass is 32.2. The Balaban J connectivity index is 1.62. The molecule has 26 heavy (non-hydrogen) atoms. The lowest BCUT2D eigenvalue weighted by Gasteiger charge is -2.03. The molecule has 0 radical (unpaired) electrons. The average Bonchev–Trinajstić information content (AvgIpc) is 3.09. The summed E-state index contributed by atoms with van der Waals surface area (Å²) in [6.45, 7) is 1.91. The molecule has 3 aromatic rings. The molecule has 6 nitrogen and oxygen atoms in total. The summed E-state index contributed by atoms with van der Waals surface area (Å²) in [5, 5.41) is 11.4. The Morgan fingerprint density at radius 3 is 2.42 bits per heavy atom. The van der Waals surface area contributed by atoms with Gasteiger partial charge >= 0.3 is 0 Å². The van der Waals surface area contributed by atoms with E-state index in [4.69, 9.17) is 0 Å². The van der Waals surface area contributed by atoms with E-state index in [1.165, 1.54) is 11.3 Å². The fourth-order valence-electron chi connectivity index (χ4n) is 2.25. The maximum absolute atomic E-state index is 12.4. The van der Waals surface area contributed by atoms with Crippen molar-refractivity contribution < 1.29 is 13.2 Å². The average molecular weight is 387 g/mol. The highest BCUT2D eigenvalue weighted by molar-refractivity contribution is 7.91. The van der Waals surface area contributed by atoms with Gasteiger partial charge in [0.2, 0.25) is 5.13 Å². The Bertz CT molecular complexity index is 998. The molecule has 0 saturated carbocycles. The summed E-state index contributed by atoms with van der Waals surface area (Å²) in [6.07, 6.45) is 0.245. The minimum absolute atomic E-state index is 0.0582. The van der Waals surface area contributed by atoms with Crippen LogP contribution in [0.15, 0.2) is 59.5 Å². The Labute approximate surface area is 155 Å². The van der Waals surface area contributed by atoms with E-state index in [-0.39, 0.29) is 18.1 Å². The third-order valence-corrected chi connectivity index (χ3v) is 6.32. The second-order valence-electron chi connectivity index (χ2n) is 5.70. The predicted molar refractivity (Wildman–Crippen MR) is 101 cm³/mol. The van der Waals surface area contributed by atoms with Crippen molar-refractivity contribution in [3.63, 3.8) is 0 Å². The van der Waals surface area contributed by atoms with Gasteiger partial charge in [-0.2, -0.15) is 0 Å². The molecular formula is C18H17N3O3S2. The molecule has 8 heteroatoms. The summed E-state index contributed by atoms with van der Waals surface area (Å²) < 4.78 is 24.7. The monoisotopic (exact) mass is 387 g/mol. The van der Waals surface area contributed by atoms with Gasteiger partial charge in [0.1, 0.15) is 5.01 Å². The summed E-state index contributed by atoms with van der Waals surface area (Å²) in [7, 11) is -3.38. The van der Waals surface area contributed by atoms with Crippen LogP contribution in [-0.2, 0) is 16.3 Å². The molecule has 0 spiro atoms. The van der Waals surface area contributed by atoms with Crippen LogP contribution in [0, 0.1) is 6.92 Å². The number of nitrogens with one attached hydrogen (secondary N) is 1. The molecule has 0 aliphatic rings. The number of amides is 1. The molecule has 2 aromatic carbocycles. The zero-order valence-corrected chi connectivity index (χ0v) is 15.7. The maximum atomic E-state index is 12.4. The molecule has 1 amide bonds. The number of hydrogen-bond donors (Lipinski definition) is 1. The first-order valence-electron chi connectivity index (χ1n) is 7.92. The maximum Gasteiger partial charge on any atom is 0.257 e. The summed E-state index contributed by atoms with van der Waals surface area (Å²) >= 11 is 1.18. The number of carbonyl (C=O) groups is 1. The quantitative estimate of drug-likeness (QED) is 0.702. The van der Waals surface area contributed by atoms with Crippen molar-refractivity contribution >= 4 is 32.2 Å². The van der Waals surface area contributed by atoms with Crippen molar-refractivity contribution in [2.24, 2.45) is 0 Å². The molecule has 1 aromatic heterocycles. The molecule has 0 unspecified atom stereocenters. The van der Waals surface area contributed by atoms with E-state index in [0.29, 0.717) is 20.6 Å². The molecule has 0 bridgehead atoms. The van der Waals surface area contributed by atoms with Gasteiger partial charge in [0.15, 0.2) is 9.84 Å². The van der Waals surface area contributed by atoms with Crippen molar-refractivity contribution in [2.75, 3.05) is 11.1 Å². The second kappa shape index (κ2) is 7.76. The Morgan fingerprint density at radius 1 is 1.04 bits per heavy atom. The van der Waals surface area contributed by atoms with Gasteiger partial charge in [0.25, 0.3) is 5.91 Å². The minimum Gasteiger partial charge on any atom is -0.296 e. The van der Waals surface area contributed by atoms with Crippen molar-refractivity contribution in [2.45, 2.75) is 18.2 Å². The van der Waals surface area contributed by atoms with Gasteiger partial charge in [-0.15, -0.1) is 10.2 Å². The smallest absolute Gasteiger partial charge is 0.257 e. The van der Waals surface area contributed by atoms with Crippen LogP contribution in [-0.4, -0.2) is 30.3 Å². The molecule has 0 fully saturated rings. The Hall–Kier alpha value is -2.58. The molecule has 3 rings (SSSR count). The molecule has 0 aliphatic heterocycles. The summed E-state index contributed by atoms with van der Waals surface area (Å²) in [5.74, 6) is -0.335. The van der Waals surface area contributed by atoms with E-state index in [1.54, 1.807) is 48.5 Å². The predicted octanol–water partition coefficient (Wildman–Crippen LogP) is 3.12. The number of aromatic nitrogens is 2. The summed E-state index contributed by atoms with van der Waals surface area (Å²) in [4.78, 5) is 12.4. The van der Waals surface area contributed by atoms with Gasteiger partial charge in [-0.1, -0.05) is 47.2 Å². The van der Waals surface area contributed by atoms with Gasteiger partial charge in [0, 0.05) is 12.0 Å². The highest BCUT2D eigenvalue weighted by Crippen LogP contribution is 2.19. The minimum atomic E-state index is -3.38. The van der Waals surface area contributed by atoms with E-state index in [9.17, 15) is 13.2 Å². The standard InChI is InChI=1S/C18H17N3O3S2/c1-13-7-9-15(10-8-13)26(23,24)12-11-16-20-21-18(25-16)19-17(22)14-5-3-2-4-6-14/h2-10H,11-12H2,1H3,(H,19,21,22).